The Balaban J connectivity index is 1.90. The lowest BCUT2D eigenvalue weighted by molar-refractivity contribution is -0.144. The lowest BCUT2D eigenvalue weighted by Crippen LogP contribution is -2.37. The number of urea groups is 1. The number of methoxy groups -OCH3 is 1. The van der Waals surface area contributed by atoms with Gasteiger partial charge in [0, 0.05) is 11.8 Å². The second-order valence-electron chi connectivity index (χ2n) is 6.55. The van der Waals surface area contributed by atoms with Crippen molar-refractivity contribution in [2.45, 2.75) is 13.8 Å². The van der Waals surface area contributed by atoms with E-state index in [0.29, 0.717) is 41.7 Å². The molecule has 0 aliphatic carbocycles. The van der Waals surface area contributed by atoms with Crippen molar-refractivity contribution in [2.24, 2.45) is 0 Å². The molecule has 178 valence electrons. The zero-order valence-electron chi connectivity index (χ0n) is 19.0. The molecule has 2 N–H and O–H groups in total. The van der Waals surface area contributed by atoms with E-state index in [1.165, 1.54) is 13.2 Å². The predicted octanol–water partition coefficient (Wildman–Crippen LogP) is 3.29. The standard InChI is InChI=1S/C24H25N3O7/c1-4-32-20-11-8-18(13-21(20)33-5-2)26-24(30)27-22(28)15-34-23(29)17(14-25)12-16-6-9-19(31-3)10-7-16/h6-13H,4-5,15H2,1-3H3,(H2,26,27,28,30)/b17-12+. The molecule has 10 heteroatoms. The van der Waals surface area contributed by atoms with Gasteiger partial charge in [-0.2, -0.15) is 5.26 Å². The molecule has 0 saturated carbocycles. The van der Waals surface area contributed by atoms with E-state index in [1.807, 2.05) is 19.2 Å². The third-order valence-electron chi connectivity index (χ3n) is 4.16. The van der Waals surface area contributed by atoms with Gasteiger partial charge < -0.3 is 24.3 Å². The Hall–Kier alpha value is -4.52. The third-order valence-corrected chi connectivity index (χ3v) is 4.16. The molecule has 0 heterocycles. The monoisotopic (exact) mass is 467 g/mol. The molecule has 0 aliphatic heterocycles. The highest BCUT2D eigenvalue weighted by atomic mass is 16.5. The summed E-state index contributed by atoms with van der Waals surface area (Å²) in [6.45, 7) is 3.75. The van der Waals surface area contributed by atoms with Crippen molar-refractivity contribution < 1.29 is 33.3 Å². The minimum atomic E-state index is -0.998. The lowest BCUT2D eigenvalue weighted by atomic mass is 10.1. The van der Waals surface area contributed by atoms with Crippen molar-refractivity contribution in [2.75, 3.05) is 32.2 Å². The van der Waals surface area contributed by atoms with Gasteiger partial charge in [-0.25, -0.2) is 9.59 Å². The fourth-order valence-corrected chi connectivity index (χ4v) is 2.67. The van der Waals surface area contributed by atoms with E-state index in [9.17, 15) is 19.6 Å². The molecule has 10 nitrogen and oxygen atoms in total. The Labute approximate surface area is 197 Å². The number of amides is 3. The summed E-state index contributed by atoms with van der Waals surface area (Å²) in [6.07, 6.45) is 1.31. The molecule has 0 atom stereocenters. The van der Waals surface area contributed by atoms with Gasteiger partial charge in [0.05, 0.1) is 20.3 Å². The van der Waals surface area contributed by atoms with Gasteiger partial charge in [-0.3, -0.25) is 10.1 Å². The van der Waals surface area contributed by atoms with Gasteiger partial charge in [0.1, 0.15) is 17.4 Å². The Morgan fingerprint density at radius 2 is 1.68 bits per heavy atom. The predicted molar refractivity (Wildman–Crippen MR) is 123 cm³/mol. The molecule has 0 aliphatic rings. The molecule has 34 heavy (non-hydrogen) atoms. The first-order valence-corrected chi connectivity index (χ1v) is 10.3. The number of nitrogens with one attached hydrogen (secondary N) is 2. The number of imide groups is 1. The summed E-state index contributed by atoms with van der Waals surface area (Å²) in [5, 5.41) is 13.7. The van der Waals surface area contributed by atoms with E-state index in [1.54, 1.807) is 48.5 Å². The molecule has 0 radical (unpaired) electrons. The first-order valence-electron chi connectivity index (χ1n) is 10.3. The molecule has 0 fully saturated rings. The lowest BCUT2D eigenvalue weighted by Gasteiger charge is -2.13. The number of anilines is 1. The Kier molecular flexibility index (Phi) is 9.94. The fourth-order valence-electron chi connectivity index (χ4n) is 2.67. The molecule has 2 rings (SSSR count). The van der Waals surface area contributed by atoms with E-state index < -0.39 is 24.5 Å². The summed E-state index contributed by atoms with van der Waals surface area (Å²) in [6, 6.07) is 12.3. The zero-order valence-corrected chi connectivity index (χ0v) is 19.0. The maximum atomic E-state index is 12.1. The maximum absolute atomic E-state index is 12.1. The van der Waals surface area contributed by atoms with Crippen LogP contribution in [0.3, 0.4) is 0 Å². The molecule has 0 aromatic heterocycles. The van der Waals surface area contributed by atoms with Crippen LogP contribution in [0.5, 0.6) is 17.2 Å². The summed E-state index contributed by atoms with van der Waals surface area (Å²) in [7, 11) is 1.52. The summed E-state index contributed by atoms with van der Waals surface area (Å²) in [5.74, 6) is -0.290. The van der Waals surface area contributed by atoms with Gasteiger partial charge in [0.2, 0.25) is 0 Å². The summed E-state index contributed by atoms with van der Waals surface area (Å²) < 4.78 is 20.8. The van der Waals surface area contributed by atoms with Gasteiger partial charge in [0.15, 0.2) is 18.1 Å². The number of hydrogen-bond donors (Lipinski definition) is 2. The Bertz CT molecular complexity index is 1090. The Morgan fingerprint density at radius 1 is 1.00 bits per heavy atom. The molecule has 0 bridgehead atoms. The van der Waals surface area contributed by atoms with Gasteiger partial charge in [0.25, 0.3) is 5.91 Å². The van der Waals surface area contributed by atoms with E-state index in [4.69, 9.17) is 18.9 Å². The maximum Gasteiger partial charge on any atom is 0.349 e. The summed E-state index contributed by atoms with van der Waals surface area (Å²) in [5.41, 5.74) is 0.628. The fraction of sp³-hybridized carbons (Fsp3) is 0.250. The molecule has 0 saturated heterocycles. The van der Waals surface area contributed by atoms with Crippen LogP contribution < -0.4 is 24.8 Å². The van der Waals surface area contributed by atoms with Crippen LogP contribution in [0.15, 0.2) is 48.0 Å². The highest BCUT2D eigenvalue weighted by molar-refractivity contribution is 6.03. The van der Waals surface area contributed by atoms with E-state index in [0.717, 1.165) is 0 Å². The summed E-state index contributed by atoms with van der Waals surface area (Å²) >= 11 is 0. The molecule has 0 spiro atoms. The average Bonchev–Trinajstić information content (AvgIpc) is 2.83. The third kappa shape index (κ3) is 7.87. The van der Waals surface area contributed by atoms with Crippen molar-refractivity contribution in [3.63, 3.8) is 0 Å². The number of nitrogens with zero attached hydrogens (tertiary/aromatic N) is 1. The van der Waals surface area contributed by atoms with E-state index >= 15 is 0 Å². The topological polar surface area (TPSA) is 136 Å². The highest BCUT2D eigenvalue weighted by Gasteiger charge is 2.15. The number of carbonyl (C=O) groups excluding carboxylic acids is 3. The van der Waals surface area contributed by atoms with Crippen molar-refractivity contribution in [3.8, 4) is 23.3 Å². The first-order chi connectivity index (χ1) is 16.4. The number of carbonyl (C=O) groups is 3. The molecule has 3 amide bonds. The van der Waals surface area contributed by atoms with Gasteiger partial charge in [-0.15, -0.1) is 0 Å². The number of nitriles is 1. The second-order valence-corrected chi connectivity index (χ2v) is 6.55. The number of ether oxygens (including phenoxy) is 4. The second kappa shape index (κ2) is 13.1. The number of hydrogen-bond acceptors (Lipinski definition) is 8. The quantitative estimate of drug-likeness (QED) is 0.309. The largest absolute Gasteiger partial charge is 0.497 e. The zero-order chi connectivity index (χ0) is 24.9. The summed E-state index contributed by atoms with van der Waals surface area (Å²) in [4.78, 5) is 36.2. The minimum Gasteiger partial charge on any atom is -0.497 e. The molecular weight excluding hydrogens is 442 g/mol. The molecular formula is C24H25N3O7. The number of benzene rings is 2. The van der Waals surface area contributed by atoms with Crippen LogP contribution in [0.4, 0.5) is 10.5 Å². The Morgan fingerprint density at radius 3 is 2.29 bits per heavy atom. The normalized spacial score (nSPS) is 10.5. The van der Waals surface area contributed by atoms with Crippen LogP contribution in [-0.2, 0) is 14.3 Å². The minimum absolute atomic E-state index is 0.305. The van der Waals surface area contributed by atoms with E-state index in [2.05, 4.69) is 5.32 Å². The highest BCUT2D eigenvalue weighted by Crippen LogP contribution is 2.30. The van der Waals surface area contributed by atoms with Gasteiger partial charge in [-0.05, 0) is 49.8 Å². The number of rotatable bonds is 10. The molecule has 2 aromatic carbocycles. The smallest absolute Gasteiger partial charge is 0.349 e. The molecule has 2 aromatic rings. The van der Waals surface area contributed by atoms with Crippen LogP contribution in [0.25, 0.3) is 6.08 Å². The SMILES string of the molecule is CCOc1ccc(NC(=O)NC(=O)COC(=O)/C(C#N)=C/c2ccc(OC)cc2)cc1OCC. The van der Waals surface area contributed by atoms with Crippen LogP contribution >= 0.6 is 0 Å². The van der Waals surface area contributed by atoms with Crippen LogP contribution in [0, 0.1) is 11.3 Å². The average molecular weight is 467 g/mol. The van der Waals surface area contributed by atoms with Crippen molar-refractivity contribution in [3.05, 3.63) is 53.6 Å². The van der Waals surface area contributed by atoms with E-state index in [-0.39, 0.29) is 5.57 Å². The van der Waals surface area contributed by atoms with Crippen molar-refractivity contribution >= 4 is 29.7 Å². The van der Waals surface area contributed by atoms with Crippen molar-refractivity contribution in [1.82, 2.24) is 5.32 Å². The van der Waals surface area contributed by atoms with Crippen molar-refractivity contribution in [1.29, 1.82) is 5.26 Å². The van der Waals surface area contributed by atoms with Crippen LogP contribution in [-0.4, -0.2) is 44.8 Å². The van der Waals surface area contributed by atoms with Crippen LogP contribution in [0.1, 0.15) is 19.4 Å². The first kappa shape index (κ1) is 25.7. The van der Waals surface area contributed by atoms with Crippen LogP contribution in [0.2, 0.25) is 0 Å². The number of esters is 1. The molecule has 0 unspecified atom stereocenters. The van der Waals surface area contributed by atoms with Gasteiger partial charge in [-0.1, -0.05) is 12.1 Å². The van der Waals surface area contributed by atoms with Gasteiger partial charge >= 0.3 is 12.0 Å².